The van der Waals surface area contributed by atoms with Crippen molar-refractivity contribution in [2.24, 2.45) is 5.92 Å². The van der Waals surface area contributed by atoms with E-state index in [0.29, 0.717) is 12.6 Å². The van der Waals surface area contributed by atoms with Crippen molar-refractivity contribution in [3.05, 3.63) is 0 Å². The molecule has 3 fully saturated rings. The quantitative estimate of drug-likeness (QED) is 0.468. The van der Waals surface area contributed by atoms with Crippen molar-refractivity contribution in [3.63, 3.8) is 0 Å². The molecule has 3 aliphatic rings. The van der Waals surface area contributed by atoms with E-state index in [1.165, 1.54) is 6.26 Å². The highest BCUT2D eigenvalue weighted by Crippen LogP contribution is 2.32. The van der Waals surface area contributed by atoms with Crippen molar-refractivity contribution in [2.45, 2.75) is 55.5 Å². The van der Waals surface area contributed by atoms with Gasteiger partial charge in [-0.2, -0.15) is 0 Å². The molecule has 25 heavy (non-hydrogen) atoms. The number of rotatable bonds is 6. The normalized spacial score (nSPS) is 40.2. The topological polar surface area (TPSA) is 101 Å². The van der Waals surface area contributed by atoms with Crippen LogP contribution >= 0.6 is 0 Å². The third kappa shape index (κ3) is 5.12. The van der Waals surface area contributed by atoms with Crippen LogP contribution in [0.4, 0.5) is 0 Å². The predicted molar refractivity (Wildman–Crippen MR) is 95.8 cm³/mol. The van der Waals surface area contributed by atoms with Gasteiger partial charge in [-0.3, -0.25) is 21.3 Å². The van der Waals surface area contributed by atoms with Crippen LogP contribution in [-0.4, -0.2) is 77.9 Å². The predicted octanol–water partition coefficient (Wildman–Crippen LogP) is -1.01. The van der Waals surface area contributed by atoms with Gasteiger partial charge in [0, 0.05) is 33.0 Å². The van der Waals surface area contributed by atoms with Crippen LogP contribution in [0.2, 0.25) is 0 Å². The Labute approximate surface area is 150 Å². The Kier molecular flexibility index (Phi) is 6.70. The molecule has 0 amide bonds. The number of hydrogen-bond acceptors (Lipinski definition) is 8. The largest absolute Gasteiger partial charge is 0.365 e. The number of sulfone groups is 1. The van der Waals surface area contributed by atoms with Crippen molar-refractivity contribution in [1.29, 1.82) is 0 Å². The number of methoxy groups -OCH3 is 1. The van der Waals surface area contributed by atoms with Crippen LogP contribution in [-0.2, 0) is 19.3 Å². The molecule has 4 N–H and O–H groups in total. The molecule has 146 valence electrons. The molecule has 1 aliphatic carbocycles. The maximum atomic E-state index is 11.8. The van der Waals surface area contributed by atoms with Gasteiger partial charge in [0.2, 0.25) is 0 Å². The van der Waals surface area contributed by atoms with E-state index in [9.17, 15) is 8.42 Å². The van der Waals surface area contributed by atoms with Crippen LogP contribution in [0.3, 0.4) is 0 Å². The summed E-state index contributed by atoms with van der Waals surface area (Å²) in [7, 11) is -1.20. The smallest absolute Gasteiger partial charge is 0.150 e. The lowest BCUT2D eigenvalue weighted by atomic mass is 9.82. The van der Waals surface area contributed by atoms with E-state index in [-0.39, 0.29) is 29.8 Å². The summed E-state index contributed by atoms with van der Waals surface area (Å²) in [6.07, 6.45) is 5.02. The molecule has 4 atom stereocenters. The van der Waals surface area contributed by atoms with Crippen molar-refractivity contribution in [3.8, 4) is 0 Å². The number of ether oxygens (including phenoxy) is 2. The Balaban J connectivity index is 1.52. The summed E-state index contributed by atoms with van der Waals surface area (Å²) in [5.41, 5.74) is 0. The molecule has 2 aliphatic heterocycles. The van der Waals surface area contributed by atoms with E-state index >= 15 is 0 Å². The van der Waals surface area contributed by atoms with Crippen molar-refractivity contribution in [2.75, 3.05) is 39.7 Å². The minimum absolute atomic E-state index is 0.0396. The molecular formula is C16H32N4O4S. The minimum Gasteiger partial charge on any atom is -0.365 e. The van der Waals surface area contributed by atoms with E-state index in [1.807, 2.05) is 0 Å². The lowest BCUT2D eigenvalue weighted by molar-refractivity contribution is -0.0138. The van der Waals surface area contributed by atoms with Gasteiger partial charge in [-0.15, -0.1) is 0 Å². The summed E-state index contributed by atoms with van der Waals surface area (Å²) in [5.74, 6) is 0.421. The summed E-state index contributed by atoms with van der Waals surface area (Å²) in [6, 6.07) is 0.180. The summed E-state index contributed by atoms with van der Waals surface area (Å²) in [5, 5.41) is 13.7. The maximum absolute atomic E-state index is 11.8. The summed E-state index contributed by atoms with van der Waals surface area (Å²) in [6.45, 7) is 3.10. The highest BCUT2D eigenvalue weighted by atomic mass is 32.2. The summed E-state index contributed by atoms with van der Waals surface area (Å²) in [4.78, 5) is 0. The lowest BCUT2D eigenvalue weighted by Crippen LogP contribution is -2.68. The van der Waals surface area contributed by atoms with Gasteiger partial charge >= 0.3 is 0 Å². The van der Waals surface area contributed by atoms with Crippen LogP contribution in [0.15, 0.2) is 0 Å². The zero-order chi connectivity index (χ0) is 17.9. The molecule has 2 saturated heterocycles. The van der Waals surface area contributed by atoms with Crippen LogP contribution in [0.1, 0.15) is 25.7 Å². The molecule has 2 heterocycles. The average Bonchev–Trinajstić information content (AvgIpc) is 3.12. The zero-order valence-corrected chi connectivity index (χ0v) is 16.0. The highest BCUT2D eigenvalue weighted by Gasteiger charge is 2.38. The Morgan fingerprint density at radius 3 is 2.56 bits per heavy atom. The molecule has 0 bridgehead atoms. The molecule has 8 nitrogen and oxygen atoms in total. The van der Waals surface area contributed by atoms with Crippen LogP contribution < -0.4 is 21.3 Å². The van der Waals surface area contributed by atoms with Gasteiger partial charge in [0.05, 0.1) is 30.3 Å². The van der Waals surface area contributed by atoms with Crippen LogP contribution in [0.5, 0.6) is 0 Å². The molecule has 0 aromatic carbocycles. The van der Waals surface area contributed by atoms with Gasteiger partial charge in [-0.25, -0.2) is 8.42 Å². The molecule has 0 aromatic heterocycles. The van der Waals surface area contributed by atoms with Crippen molar-refractivity contribution < 1.29 is 17.9 Å². The van der Waals surface area contributed by atoms with Gasteiger partial charge in [0.1, 0.15) is 16.1 Å². The second kappa shape index (κ2) is 8.60. The molecular weight excluding hydrogens is 344 g/mol. The molecule has 9 heteroatoms. The monoisotopic (exact) mass is 376 g/mol. The molecule has 3 rings (SSSR count). The average molecular weight is 377 g/mol. The van der Waals surface area contributed by atoms with Gasteiger partial charge in [0.25, 0.3) is 0 Å². The first-order valence-electron chi connectivity index (χ1n) is 9.24. The first kappa shape index (κ1) is 19.5. The Morgan fingerprint density at radius 2 is 1.96 bits per heavy atom. The van der Waals surface area contributed by atoms with E-state index in [2.05, 4.69) is 21.3 Å². The van der Waals surface area contributed by atoms with Crippen molar-refractivity contribution >= 4 is 9.84 Å². The second-order valence-electron chi connectivity index (χ2n) is 7.47. The maximum Gasteiger partial charge on any atom is 0.150 e. The van der Waals surface area contributed by atoms with E-state index in [1.54, 1.807) is 7.11 Å². The van der Waals surface area contributed by atoms with Gasteiger partial charge in [-0.1, -0.05) is 0 Å². The fourth-order valence-corrected chi connectivity index (χ4v) is 5.35. The second-order valence-corrected chi connectivity index (χ2v) is 9.80. The molecule has 0 spiro atoms. The van der Waals surface area contributed by atoms with Crippen molar-refractivity contribution in [1.82, 2.24) is 21.3 Å². The fraction of sp³-hybridized carbons (Fsp3) is 1.00. The standard InChI is InChI=1S/C16H32N4O4S/c1-23-16-15(11-3-5-13(6-4-11)25(2,21)22)20-14(9-19-16)18-8-12-7-17-10-24-12/h11-20H,3-10H2,1-2H3. The summed E-state index contributed by atoms with van der Waals surface area (Å²) >= 11 is 0. The Bertz CT molecular complexity index is 518. The van der Waals surface area contributed by atoms with Crippen LogP contribution in [0.25, 0.3) is 0 Å². The summed E-state index contributed by atoms with van der Waals surface area (Å²) < 4.78 is 34.7. The SMILES string of the molecule is COC1NCC(NCC2CNCO2)NC1C1CCC(S(C)(=O)=O)CC1. The van der Waals surface area contributed by atoms with Gasteiger partial charge < -0.3 is 9.47 Å². The fourth-order valence-electron chi connectivity index (χ4n) is 4.22. The third-order valence-corrected chi connectivity index (χ3v) is 7.40. The van der Waals surface area contributed by atoms with E-state index < -0.39 is 9.84 Å². The van der Waals surface area contributed by atoms with Crippen LogP contribution in [0, 0.1) is 5.92 Å². The number of piperazine rings is 1. The third-order valence-electron chi connectivity index (χ3n) is 5.71. The number of nitrogens with one attached hydrogen (secondary N) is 4. The van der Waals surface area contributed by atoms with E-state index in [4.69, 9.17) is 9.47 Å². The highest BCUT2D eigenvalue weighted by molar-refractivity contribution is 7.91. The minimum atomic E-state index is -2.93. The zero-order valence-electron chi connectivity index (χ0n) is 15.2. The Morgan fingerprint density at radius 1 is 1.20 bits per heavy atom. The first-order valence-corrected chi connectivity index (χ1v) is 11.2. The first-order chi connectivity index (χ1) is 12.0. The lowest BCUT2D eigenvalue weighted by Gasteiger charge is -2.43. The number of hydrogen-bond donors (Lipinski definition) is 4. The molecule has 0 radical (unpaired) electrons. The molecule has 0 aromatic rings. The Hall–Kier alpha value is -0.290. The van der Waals surface area contributed by atoms with E-state index in [0.717, 1.165) is 45.3 Å². The molecule has 1 saturated carbocycles. The molecule has 4 unspecified atom stereocenters. The van der Waals surface area contributed by atoms with Gasteiger partial charge in [-0.05, 0) is 31.6 Å². The van der Waals surface area contributed by atoms with Gasteiger partial charge in [0.15, 0.2) is 0 Å².